The van der Waals surface area contributed by atoms with Crippen molar-refractivity contribution in [3.05, 3.63) is 95.3 Å². The molecule has 0 heterocycles. The molecule has 3 aromatic rings. The molecule has 1 atom stereocenters. The van der Waals surface area contributed by atoms with Crippen LogP contribution >= 0.6 is 0 Å². The zero-order chi connectivity index (χ0) is 28.7. The van der Waals surface area contributed by atoms with Gasteiger partial charge in [0.2, 0.25) is 11.8 Å². The van der Waals surface area contributed by atoms with Gasteiger partial charge in [0.05, 0.1) is 10.6 Å². The standard InChI is InChI=1S/C30H36FN3O4S/c1-6-28(30(36)32-21(2)3)33(19-24-9-7-8-23(5)18-24)29(35)20-34(26-14-10-22(4)11-15-26)39(37,38)27-16-12-25(31)13-17-27/h7-18,21,28H,6,19-20H2,1-5H3,(H,32,36). The van der Waals surface area contributed by atoms with Crippen LogP contribution in [-0.4, -0.2) is 43.8 Å². The Balaban J connectivity index is 2.06. The lowest BCUT2D eigenvalue weighted by Crippen LogP contribution is -2.53. The Bertz CT molecular complexity index is 1390. The summed E-state index contributed by atoms with van der Waals surface area (Å²) in [6.45, 7) is 8.89. The number of carbonyl (C=O) groups excluding carboxylic acids is 2. The van der Waals surface area contributed by atoms with Crippen molar-refractivity contribution < 1.29 is 22.4 Å². The van der Waals surface area contributed by atoms with Crippen LogP contribution in [0.4, 0.5) is 10.1 Å². The molecule has 1 N–H and O–H groups in total. The molecular weight excluding hydrogens is 517 g/mol. The van der Waals surface area contributed by atoms with E-state index in [1.807, 2.05) is 58.9 Å². The van der Waals surface area contributed by atoms with Crippen LogP contribution in [0.2, 0.25) is 0 Å². The van der Waals surface area contributed by atoms with Gasteiger partial charge in [0.1, 0.15) is 18.4 Å². The number of nitrogens with zero attached hydrogens (tertiary/aromatic N) is 2. The van der Waals surface area contributed by atoms with Crippen molar-refractivity contribution in [3.8, 4) is 0 Å². The number of hydrogen-bond acceptors (Lipinski definition) is 4. The Morgan fingerprint density at radius 1 is 0.923 bits per heavy atom. The molecule has 0 aliphatic rings. The molecule has 7 nitrogen and oxygen atoms in total. The largest absolute Gasteiger partial charge is 0.352 e. The van der Waals surface area contributed by atoms with Crippen LogP contribution in [0.3, 0.4) is 0 Å². The minimum atomic E-state index is -4.24. The van der Waals surface area contributed by atoms with E-state index in [0.717, 1.165) is 33.1 Å². The van der Waals surface area contributed by atoms with Crippen LogP contribution in [0.25, 0.3) is 0 Å². The molecule has 3 rings (SSSR count). The highest BCUT2D eigenvalue weighted by molar-refractivity contribution is 7.92. The number of benzene rings is 3. The van der Waals surface area contributed by atoms with Gasteiger partial charge in [-0.3, -0.25) is 13.9 Å². The third-order valence-corrected chi connectivity index (χ3v) is 8.04. The monoisotopic (exact) mass is 553 g/mol. The molecular formula is C30H36FN3O4S. The summed E-state index contributed by atoms with van der Waals surface area (Å²) in [4.78, 5) is 28.4. The van der Waals surface area contributed by atoms with Crippen LogP contribution < -0.4 is 9.62 Å². The Kier molecular flexibility index (Phi) is 9.86. The van der Waals surface area contributed by atoms with Crippen molar-refractivity contribution in [1.29, 1.82) is 0 Å². The Labute approximate surface area is 230 Å². The third-order valence-electron chi connectivity index (χ3n) is 6.25. The average Bonchev–Trinajstić information content (AvgIpc) is 2.87. The Morgan fingerprint density at radius 3 is 2.13 bits per heavy atom. The number of carbonyl (C=O) groups is 2. The topological polar surface area (TPSA) is 86.8 Å². The number of sulfonamides is 1. The predicted molar refractivity (Wildman–Crippen MR) is 151 cm³/mol. The molecule has 0 saturated carbocycles. The molecule has 0 aromatic heterocycles. The van der Waals surface area contributed by atoms with E-state index in [-0.39, 0.29) is 29.1 Å². The normalized spacial score (nSPS) is 12.2. The first kappa shape index (κ1) is 29.8. The molecule has 208 valence electrons. The van der Waals surface area contributed by atoms with E-state index in [2.05, 4.69) is 5.32 Å². The van der Waals surface area contributed by atoms with Crippen LogP contribution in [0.15, 0.2) is 77.7 Å². The molecule has 0 fully saturated rings. The zero-order valence-corrected chi connectivity index (χ0v) is 23.8. The fourth-order valence-corrected chi connectivity index (χ4v) is 5.70. The summed E-state index contributed by atoms with van der Waals surface area (Å²) in [5.41, 5.74) is 3.03. The maximum absolute atomic E-state index is 14.0. The van der Waals surface area contributed by atoms with Gasteiger partial charge < -0.3 is 10.2 Å². The highest BCUT2D eigenvalue weighted by Gasteiger charge is 2.33. The summed E-state index contributed by atoms with van der Waals surface area (Å²) in [5, 5.41) is 2.88. The molecule has 0 radical (unpaired) electrons. The average molecular weight is 554 g/mol. The molecule has 0 saturated heterocycles. The fraction of sp³-hybridized carbons (Fsp3) is 0.333. The van der Waals surface area contributed by atoms with E-state index in [1.54, 1.807) is 24.3 Å². The highest BCUT2D eigenvalue weighted by atomic mass is 32.2. The number of amides is 2. The lowest BCUT2D eigenvalue weighted by Gasteiger charge is -2.33. The zero-order valence-electron chi connectivity index (χ0n) is 23.0. The molecule has 0 spiro atoms. The van der Waals surface area contributed by atoms with Crippen molar-refractivity contribution in [3.63, 3.8) is 0 Å². The van der Waals surface area contributed by atoms with Gasteiger partial charge in [0, 0.05) is 12.6 Å². The Morgan fingerprint density at radius 2 is 1.56 bits per heavy atom. The van der Waals surface area contributed by atoms with Gasteiger partial charge in [-0.15, -0.1) is 0 Å². The number of nitrogens with one attached hydrogen (secondary N) is 1. The van der Waals surface area contributed by atoms with Crippen molar-refractivity contribution in [2.75, 3.05) is 10.8 Å². The molecule has 0 bridgehead atoms. The number of aryl methyl sites for hydroxylation is 2. The number of rotatable bonds is 11. The van der Waals surface area contributed by atoms with E-state index < -0.39 is 34.3 Å². The molecule has 1 unspecified atom stereocenters. The lowest BCUT2D eigenvalue weighted by atomic mass is 10.1. The minimum absolute atomic E-state index is 0.128. The van der Waals surface area contributed by atoms with Crippen LogP contribution in [0.5, 0.6) is 0 Å². The lowest BCUT2D eigenvalue weighted by molar-refractivity contribution is -0.140. The van der Waals surface area contributed by atoms with Crippen LogP contribution in [0.1, 0.15) is 43.9 Å². The molecule has 0 aliphatic heterocycles. The number of anilines is 1. The SMILES string of the molecule is CCC(C(=O)NC(C)C)N(Cc1cccc(C)c1)C(=O)CN(c1ccc(C)cc1)S(=O)(=O)c1ccc(F)cc1. The van der Waals surface area contributed by atoms with Crippen molar-refractivity contribution >= 4 is 27.5 Å². The molecule has 9 heteroatoms. The first-order valence-electron chi connectivity index (χ1n) is 12.9. The smallest absolute Gasteiger partial charge is 0.264 e. The van der Waals surface area contributed by atoms with Gasteiger partial charge in [0.15, 0.2) is 0 Å². The maximum atomic E-state index is 14.0. The van der Waals surface area contributed by atoms with E-state index in [4.69, 9.17) is 0 Å². The summed E-state index contributed by atoms with van der Waals surface area (Å²) in [7, 11) is -4.24. The van der Waals surface area contributed by atoms with Crippen molar-refractivity contribution in [1.82, 2.24) is 10.2 Å². The third kappa shape index (κ3) is 7.66. The summed E-state index contributed by atoms with van der Waals surface area (Å²) in [6.07, 6.45) is 0.339. The van der Waals surface area contributed by atoms with Crippen molar-refractivity contribution in [2.24, 2.45) is 0 Å². The van der Waals surface area contributed by atoms with Gasteiger partial charge >= 0.3 is 0 Å². The number of hydrogen-bond donors (Lipinski definition) is 1. The summed E-state index contributed by atoms with van der Waals surface area (Å²) in [6, 6.07) is 17.9. The van der Waals surface area contributed by atoms with Gasteiger partial charge in [-0.05, 0) is 76.1 Å². The van der Waals surface area contributed by atoms with E-state index in [9.17, 15) is 22.4 Å². The fourth-order valence-electron chi connectivity index (χ4n) is 4.28. The molecule has 39 heavy (non-hydrogen) atoms. The first-order valence-corrected chi connectivity index (χ1v) is 14.4. The summed E-state index contributed by atoms with van der Waals surface area (Å²) >= 11 is 0. The van der Waals surface area contributed by atoms with E-state index in [0.29, 0.717) is 6.42 Å². The molecule has 3 aromatic carbocycles. The van der Waals surface area contributed by atoms with Crippen LogP contribution in [0, 0.1) is 19.7 Å². The van der Waals surface area contributed by atoms with Gasteiger partial charge in [-0.25, -0.2) is 12.8 Å². The summed E-state index contributed by atoms with van der Waals surface area (Å²) < 4.78 is 42.1. The van der Waals surface area contributed by atoms with Crippen molar-refractivity contribution in [2.45, 2.75) is 64.6 Å². The van der Waals surface area contributed by atoms with Gasteiger partial charge in [-0.2, -0.15) is 0 Å². The van der Waals surface area contributed by atoms with Crippen LogP contribution in [-0.2, 0) is 26.2 Å². The maximum Gasteiger partial charge on any atom is 0.264 e. The highest BCUT2D eigenvalue weighted by Crippen LogP contribution is 2.25. The number of halogens is 1. The van der Waals surface area contributed by atoms with Gasteiger partial charge in [-0.1, -0.05) is 54.4 Å². The predicted octanol–water partition coefficient (Wildman–Crippen LogP) is 4.97. The van der Waals surface area contributed by atoms with Gasteiger partial charge in [0.25, 0.3) is 10.0 Å². The second kappa shape index (κ2) is 12.9. The second-order valence-corrected chi connectivity index (χ2v) is 11.8. The van der Waals surface area contributed by atoms with E-state index in [1.165, 1.54) is 17.0 Å². The molecule has 2 amide bonds. The van der Waals surface area contributed by atoms with E-state index >= 15 is 0 Å². The first-order chi connectivity index (χ1) is 18.4. The quantitative estimate of drug-likeness (QED) is 0.363. The Hall–Kier alpha value is -3.72. The second-order valence-electron chi connectivity index (χ2n) is 9.90. The summed E-state index contributed by atoms with van der Waals surface area (Å²) in [5.74, 6) is -1.41. The minimum Gasteiger partial charge on any atom is -0.352 e. The molecule has 0 aliphatic carbocycles.